The molecule has 0 bridgehead atoms. The molecule has 2 saturated heterocycles. The van der Waals surface area contributed by atoms with Gasteiger partial charge in [-0.15, -0.1) is 0 Å². The topological polar surface area (TPSA) is 82.2 Å². The molecule has 3 aliphatic rings. The minimum absolute atomic E-state index is 0.155. The van der Waals surface area contributed by atoms with Gasteiger partial charge in [0, 0.05) is 32.7 Å². The highest BCUT2D eigenvalue weighted by atomic mass is 16.5. The summed E-state index contributed by atoms with van der Waals surface area (Å²) in [5, 5.41) is 2.96. The van der Waals surface area contributed by atoms with E-state index in [0.29, 0.717) is 38.5 Å². The first-order chi connectivity index (χ1) is 17.2. The van der Waals surface area contributed by atoms with E-state index in [1.807, 2.05) is 19.1 Å². The molecule has 1 aromatic rings. The number of rotatable bonds is 8. The summed E-state index contributed by atoms with van der Waals surface area (Å²) in [6.07, 6.45) is 4.25. The van der Waals surface area contributed by atoms with Gasteiger partial charge in [0.2, 0.25) is 5.91 Å². The van der Waals surface area contributed by atoms with Crippen molar-refractivity contribution in [2.75, 3.05) is 39.3 Å². The fourth-order valence-electron chi connectivity index (χ4n) is 5.85. The van der Waals surface area contributed by atoms with Crippen molar-refractivity contribution in [3.05, 3.63) is 29.8 Å². The third-order valence-electron chi connectivity index (χ3n) is 8.76. The van der Waals surface area contributed by atoms with Crippen molar-refractivity contribution in [1.29, 1.82) is 0 Å². The van der Waals surface area contributed by atoms with E-state index in [9.17, 15) is 14.4 Å². The van der Waals surface area contributed by atoms with Crippen LogP contribution in [0.3, 0.4) is 0 Å². The van der Waals surface area contributed by atoms with Crippen molar-refractivity contribution >= 4 is 17.8 Å². The Morgan fingerprint density at radius 1 is 1.06 bits per heavy atom. The van der Waals surface area contributed by atoms with Gasteiger partial charge in [-0.05, 0) is 61.6 Å². The smallest absolute Gasteiger partial charge is 0.325 e. The SMILES string of the molecule is CCOc1ccc(CN2CCN(C(=O)CN3C(=O)NC4(CCC(C(C)(C)CC)CC4)C3=O)CC2)cc1. The molecule has 1 aromatic carbocycles. The molecule has 1 saturated carbocycles. The van der Waals surface area contributed by atoms with Gasteiger partial charge in [-0.3, -0.25) is 19.4 Å². The summed E-state index contributed by atoms with van der Waals surface area (Å²) in [5.41, 5.74) is 0.617. The number of hydrogen-bond donors (Lipinski definition) is 1. The Balaban J connectivity index is 1.26. The molecular weight excluding hydrogens is 456 g/mol. The highest BCUT2D eigenvalue weighted by Gasteiger charge is 2.54. The van der Waals surface area contributed by atoms with Gasteiger partial charge in [0.15, 0.2) is 0 Å². The molecule has 0 unspecified atom stereocenters. The van der Waals surface area contributed by atoms with E-state index in [-0.39, 0.29) is 23.8 Å². The highest BCUT2D eigenvalue weighted by Crippen LogP contribution is 2.45. The van der Waals surface area contributed by atoms with Crippen molar-refractivity contribution < 1.29 is 19.1 Å². The summed E-state index contributed by atoms with van der Waals surface area (Å²) >= 11 is 0. The van der Waals surface area contributed by atoms with Crippen LogP contribution in [0.25, 0.3) is 0 Å². The van der Waals surface area contributed by atoms with E-state index in [4.69, 9.17) is 4.74 Å². The molecule has 0 aromatic heterocycles. The monoisotopic (exact) mass is 498 g/mol. The lowest BCUT2D eigenvalue weighted by Crippen LogP contribution is -2.53. The van der Waals surface area contributed by atoms with E-state index in [2.05, 4.69) is 43.1 Å². The number of hydrogen-bond acceptors (Lipinski definition) is 5. The number of amides is 4. The lowest BCUT2D eigenvalue weighted by atomic mass is 9.65. The number of carbonyl (C=O) groups excluding carboxylic acids is 3. The van der Waals surface area contributed by atoms with E-state index in [1.165, 1.54) is 5.56 Å². The third kappa shape index (κ3) is 5.53. The van der Waals surface area contributed by atoms with Crippen LogP contribution in [-0.4, -0.2) is 77.4 Å². The maximum Gasteiger partial charge on any atom is 0.325 e. The van der Waals surface area contributed by atoms with Crippen molar-refractivity contribution in [1.82, 2.24) is 20.0 Å². The molecule has 8 nitrogen and oxygen atoms in total. The van der Waals surface area contributed by atoms with E-state index >= 15 is 0 Å². The van der Waals surface area contributed by atoms with Crippen molar-refractivity contribution in [3.8, 4) is 5.75 Å². The number of imide groups is 1. The van der Waals surface area contributed by atoms with E-state index in [1.54, 1.807) is 4.90 Å². The second-order valence-corrected chi connectivity index (χ2v) is 11.3. The van der Waals surface area contributed by atoms with E-state index in [0.717, 1.165) is 49.5 Å². The summed E-state index contributed by atoms with van der Waals surface area (Å²) in [7, 11) is 0. The van der Waals surface area contributed by atoms with Gasteiger partial charge in [-0.1, -0.05) is 39.3 Å². The number of piperazine rings is 1. The Morgan fingerprint density at radius 2 is 1.69 bits per heavy atom. The number of urea groups is 1. The summed E-state index contributed by atoms with van der Waals surface area (Å²) in [5.74, 6) is 1.05. The molecule has 2 heterocycles. The maximum absolute atomic E-state index is 13.3. The van der Waals surface area contributed by atoms with Gasteiger partial charge in [-0.2, -0.15) is 0 Å². The second kappa shape index (κ2) is 10.8. The molecule has 36 heavy (non-hydrogen) atoms. The van der Waals surface area contributed by atoms with Gasteiger partial charge in [0.05, 0.1) is 6.61 Å². The molecule has 3 fully saturated rings. The second-order valence-electron chi connectivity index (χ2n) is 11.3. The molecule has 1 N–H and O–H groups in total. The zero-order chi connectivity index (χ0) is 25.9. The Hall–Kier alpha value is -2.61. The van der Waals surface area contributed by atoms with Crippen LogP contribution in [-0.2, 0) is 16.1 Å². The van der Waals surface area contributed by atoms with Crippen LogP contribution in [0.15, 0.2) is 24.3 Å². The van der Waals surface area contributed by atoms with Gasteiger partial charge >= 0.3 is 6.03 Å². The Kier molecular flexibility index (Phi) is 7.93. The molecule has 1 aliphatic carbocycles. The lowest BCUT2D eigenvalue weighted by Gasteiger charge is -2.42. The molecule has 2 aliphatic heterocycles. The van der Waals surface area contributed by atoms with Gasteiger partial charge in [0.1, 0.15) is 17.8 Å². The first-order valence-corrected chi connectivity index (χ1v) is 13.5. The van der Waals surface area contributed by atoms with Crippen LogP contribution in [0.1, 0.15) is 65.4 Å². The molecule has 4 rings (SSSR count). The zero-order valence-corrected chi connectivity index (χ0v) is 22.3. The van der Waals surface area contributed by atoms with Gasteiger partial charge < -0.3 is 15.0 Å². The Morgan fingerprint density at radius 3 is 2.28 bits per heavy atom. The molecule has 198 valence electrons. The summed E-state index contributed by atoms with van der Waals surface area (Å²) < 4.78 is 5.51. The minimum atomic E-state index is -0.825. The Labute approximate surface area is 215 Å². The molecule has 1 spiro atoms. The van der Waals surface area contributed by atoms with Crippen molar-refractivity contribution in [3.63, 3.8) is 0 Å². The number of benzene rings is 1. The normalized spacial score (nSPS) is 25.4. The lowest BCUT2D eigenvalue weighted by molar-refractivity contribution is -0.140. The van der Waals surface area contributed by atoms with Crippen molar-refractivity contribution in [2.24, 2.45) is 11.3 Å². The summed E-state index contributed by atoms with van der Waals surface area (Å²) in [4.78, 5) is 44.3. The van der Waals surface area contributed by atoms with E-state index < -0.39 is 11.6 Å². The average molecular weight is 499 g/mol. The minimum Gasteiger partial charge on any atom is -0.494 e. The largest absolute Gasteiger partial charge is 0.494 e. The zero-order valence-electron chi connectivity index (χ0n) is 22.3. The quantitative estimate of drug-likeness (QED) is 0.554. The molecular formula is C28H42N4O4. The standard InChI is InChI=1S/C28H42N4O4/c1-5-27(3,4)22-11-13-28(14-12-22)25(34)32(26(35)29-28)20-24(33)31-17-15-30(16-18-31)19-21-7-9-23(10-8-21)36-6-2/h7-10,22H,5-6,11-20H2,1-4H3,(H,29,35). The van der Waals surface area contributed by atoms with Gasteiger partial charge in [0.25, 0.3) is 5.91 Å². The summed E-state index contributed by atoms with van der Waals surface area (Å²) in [6, 6.07) is 7.70. The predicted octanol–water partition coefficient (Wildman–Crippen LogP) is 3.65. The van der Waals surface area contributed by atoms with Crippen molar-refractivity contribution in [2.45, 2.75) is 71.9 Å². The number of nitrogens with one attached hydrogen (secondary N) is 1. The molecule has 0 atom stereocenters. The van der Waals surface area contributed by atoms with Crippen LogP contribution in [0, 0.1) is 11.3 Å². The fraction of sp³-hybridized carbons (Fsp3) is 0.679. The van der Waals surface area contributed by atoms with Crippen LogP contribution in [0.2, 0.25) is 0 Å². The fourth-order valence-corrected chi connectivity index (χ4v) is 5.85. The predicted molar refractivity (Wildman–Crippen MR) is 138 cm³/mol. The third-order valence-corrected chi connectivity index (χ3v) is 8.76. The highest BCUT2D eigenvalue weighted by molar-refractivity contribution is 6.09. The first kappa shape index (κ1) is 26.5. The molecule has 4 amide bonds. The number of ether oxygens (including phenoxy) is 1. The molecule has 0 radical (unpaired) electrons. The maximum atomic E-state index is 13.3. The summed E-state index contributed by atoms with van der Waals surface area (Å²) in [6.45, 7) is 12.8. The van der Waals surface area contributed by atoms with Crippen LogP contribution < -0.4 is 10.1 Å². The molecule has 8 heteroatoms. The van der Waals surface area contributed by atoms with Crippen LogP contribution in [0.4, 0.5) is 4.79 Å². The Bertz CT molecular complexity index is 945. The van der Waals surface area contributed by atoms with Gasteiger partial charge in [-0.25, -0.2) is 4.79 Å². The number of carbonyl (C=O) groups is 3. The first-order valence-electron chi connectivity index (χ1n) is 13.5. The number of nitrogens with zero attached hydrogens (tertiary/aromatic N) is 3. The van der Waals surface area contributed by atoms with Crippen LogP contribution >= 0.6 is 0 Å². The average Bonchev–Trinajstić information content (AvgIpc) is 3.10. The van der Waals surface area contributed by atoms with Crippen LogP contribution in [0.5, 0.6) is 5.75 Å².